The normalized spacial score (nSPS) is 34.4. The van der Waals surface area contributed by atoms with E-state index in [0.717, 1.165) is 5.75 Å². The van der Waals surface area contributed by atoms with E-state index in [1.807, 2.05) is 11.8 Å². The van der Waals surface area contributed by atoms with Crippen molar-refractivity contribution in [2.75, 3.05) is 6.61 Å². The van der Waals surface area contributed by atoms with Gasteiger partial charge in [0.2, 0.25) is 0 Å². The van der Waals surface area contributed by atoms with Crippen LogP contribution < -0.4 is 0 Å². The SMILES string of the molecule is OC[C@H]1[C@H](SCc2ccccc2)[C@@H]2C=C[C@H]1C2. The van der Waals surface area contributed by atoms with Gasteiger partial charge in [-0.1, -0.05) is 42.5 Å². The molecule has 1 N–H and O–H groups in total. The fourth-order valence-electron chi connectivity index (χ4n) is 3.13. The average molecular weight is 246 g/mol. The van der Waals surface area contributed by atoms with Crippen LogP contribution in [0.5, 0.6) is 0 Å². The van der Waals surface area contributed by atoms with Crippen LogP contribution in [0.1, 0.15) is 12.0 Å². The molecule has 2 heteroatoms. The molecule has 1 fully saturated rings. The third-order valence-electron chi connectivity index (χ3n) is 4.04. The van der Waals surface area contributed by atoms with E-state index >= 15 is 0 Å². The molecule has 1 saturated carbocycles. The summed E-state index contributed by atoms with van der Waals surface area (Å²) in [7, 11) is 0. The van der Waals surface area contributed by atoms with Crippen LogP contribution in [0.4, 0.5) is 0 Å². The van der Waals surface area contributed by atoms with Crippen molar-refractivity contribution in [3.8, 4) is 0 Å². The van der Waals surface area contributed by atoms with Crippen molar-refractivity contribution >= 4 is 11.8 Å². The molecule has 0 amide bonds. The maximum atomic E-state index is 9.51. The Balaban J connectivity index is 1.64. The molecule has 2 aliphatic carbocycles. The Hall–Kier alpha value is -0.730. The second kappa shape index (κ2) is 4.87. The van der Waals surface area contributed by atoms with Gasteiger partial charge in [-0.3, -0.25) is 0 Å². The highest BCUT2D eigenvalue weighted by Crippen LogP contribution is 2.49. The molecule has 17 heavy (non-hydrogen) atoms. The number of thioether (sulfide) groups is 1. The van der Waals surface area contributed by atoms with E-state index < -0.39 is 0 Å². The Labute approximate surface area is 107 Å². The summed E-state index contributed by atoms with van der Waals surface area (Å²) in [5, 5.41) is 10.1. The third kappa shape index (κ3) is 2.16. The molecule has 4 atom stereocenters. The molecule has 0 aromatic heterocycles. The molecule has 0 aliphatic heterocycles. The van der Waals surface area contributed by atoms with Crippen molar-refractivity contribution in [3.63, 3.8) is 0 Å². The Morgan fingerprint density at radius 1 is 1.12 bits per heavy atom. The molecule has 1 nitrogen and oxygen atoms in total. The maximum Gasteiger partial charge on any atom is 0.0475 e. The number of rotatable bonds is 4. The fraction of sp³-hybridized carbons (Fsp3) is 0.467. The molecular formula is C15H18OS. The topological polar surface area (TPSA) is 20.2 Å². The summed E-state index contributed by atoms with van der Waals surface area (Å²) in [5.74, 6) is 2.89. The lowest BCUT2D eigenvalue weighted by Gasteiger charge is -2.25. The molecule has 1 aromatic rings. The first kappa shape index (κ1) is 11.4. The Kier molecular flexibility index (Phi) is 3.26. The van der Waals surface area contributed by atoms with Crippen molar-refractivity contribution in [1.29, 1.82) is 0 Å². The Morgan fingerprint density at radius 3 is 2.65 bits per heavy atom. The summed E-state index contributed by atoms with van der Waals surface area (Å²) in [6.07, 6.45) is 5.93. The maximum absolute atomic E-state index is 9.51. The second-order valence-corrected chi connectivity index (χ2v) is 6.22. The first-order valence-corrected chi connectivity index (χ1v) is 7.38. The summed E-state index contributed by atoms with van der Waals surface area (Å²) in [6, 6.07) is 10.6. The predicted octanol–water partition coefficient (Wildman–Crippen LogP) is 3.10. The van der Waals surface area contributed by atoms with Gasteiger partial charge in [-0.2, -0.15) is 11.8 Å². The number of benzene rings is 1. The number of hydrogen-bond donors (Lipinski definition) is 1. The van der Waals surface area contributed by atoms with Crippen molar-refractivity contribution in [1.82, 2.24) is 0 Å². The van der Waals surface area contributed by atoms with Gasteiger partial charge in [0, 0.05) is 23.5 Å². The molecule has 0 unspecified atom stereocenters. The number of aliphatic hydroxyl groups is 1. The fourth-order valence-corrected chi connectivity index (χ4v) is 4.69. The van der Waals surface area contributed by atoms with Crippen molar-refractivity contribution in [2.24, 2.45) is 17.8 Å². The van der Waals surface area contributed by atoms with E-state index in [4.69, 9.17) is 0 Å². The molecule has 2 bridgehead atoms. The number of allylic oxidation sites excluding steroid dienone is 2. The van der Waals surface area contributed by atoms with Gasteiger partial charge in [0.25, 0.3) is 0 Å². The first-order chi connectivity index (χ1) is 8.38. The lowest BCUT2D eigenvalue weighted by atomic mass is 9.94. The molecule has 2 aliphatic rings. The van der Waals surface area contributed by atoms with Crippen LogP contribution in [-0.2, 0) is 5.75 Å². The van der Waals surface area contributed by atoms with E-state index in [2.05, 4.69) is 42.5 Å². The Bertz CT molecular complexity index is 401. The third-order valence-corrected chi connectivity index (χ3v) is 5.62. The van der Waals surface area contributed by atoms with Gasteiger partial charge in [0.15, 0.2) is 0 Å². The van der Waals surface area contributed by atoms with Crippen LogP contribution in [0, 0.1) is 17.8 Å². The highest BCUT2D eigenvalue weighted by atomic mass is 32.2. The molecule has 0 spiro atoms. The molecule has 90 valence electrons. The van der Waals surface area contributed by atoms with Crippen molar-refractivity contribution in [2.45, 2.75) is 17.4 Å². The quantitative estimate of drug-likeness (QED) is 0.824. The van der Waals surface area contributed by atoms with Crippen LogP contribution in [0.3, 0.4) is 0 Å². The lowest BCUT2D eigenvalue weighted by molar-refractivity contribution is 0.210. The van der Waals surface area contributed by atoms with E-state index in [-0.39, 0.29) is 0 Å². The Morgan fingerprint density at radius 2 is 1.88 bits per heavy atom. The van der Waals surface area contributed by atoms with E-state index in [1.165, 1.54) is 12.0 Å². The standard InChI is InChI=1S/C15H18OS/c16-9-14-12-6-7-13(8-12)15(14)17-10-11-4-2-1-3-5-11/h1-7,12-16H,8-10H2/t12-,13+,14+,15+/m0/s1. The largest absolute Gasteiger partial charge is 0.396 e. The second-order valence-electron chi connectivity index (χ2n) is 5.06. The van der Waals surface area contributed by atoms with Gasteiger partial charge in [0.05, 0.1) is 0 Å². The van der Waals surface area contributed by atoms with Crippen LogP contribution in [0.25, 0.3) is 0 Å². The highest BCUT2D eigenvalue weighted by molar-refractivity contribution is 7.99. The smallest absolute Gasteiger partial charge is 0.0475 e. The van der Waals surface area contributed by atoms with E-state index in [1.54, 1.807) is 0 Å². The zero-order chi connectivity index (χ0) is 11.7. The summed E-state index contributed by atoms with van der Waals surface area (Å²) in [5.41, 5.74) is 1.39. The first-order valence-electron chi connectivity index (χ1n) is 6.33. The van der Waals surface area contributed by atoms with Gasteiger partial charge in [0.1, 0.15) is 0 Å². The van der Waals surface area contributed by atoms with Crippen molar-refractivity contribution < 1.29 is 5.11 Å². The summed E-state index contributed by atoms with van der Waals surface area (Å²) >= 11 is 2.02. The van der Waals surface area contributed by atoms with Crippen LogP contribution in [0.2, 0.25) is 0 Å². The predicted molar refractivity (Wildman–Crippen MR) is 72.8 cm³/mol. The zero-order valence-corrected chi connectivity index (χ0v) is 10.6. The van der Waals surface area contributed by atoms with E-state index in [9.17, 15) is 5.11 Å². The minimum atomic E-state index is 0.345. The van der Waals surface area contributed by atoms with Gasteiger partial charge in [-0.05, 0) is 23.8 Å². The van der Waals surface area contributed by atoms with E-state index in [0.29, 0.717) is 29.6 Å². The summed E-state index contributed by atoms with van der Waals surface area (Å²) < 4.78 is 0. The van der Waals surface area contributed by atoms with Gasteiger partial charge >= 0.3 is 0 Å². The molecule has 1 aromatic carbocycles. The lowest BCUT2D eigenvalue weighted by Crippen LogP contribution is -2.25. The molecule has 3 rings (SSSR count). The average Bonchev–Trinajstić information content (AvgIpc) is 2.97. The van der Waals surface area contributed by atoms with Gasteiger partial charge < -0.3 is 5.11 Å². The summed E-state index contributed by atoms with van der Waals surface area (Å²) in [4.78, 5) is 0. The molecular weight excluding hydrogens is 228 g/mol. The minimum Gasteiger partial charge on any atom is -0.396 e. The van der Waals surface area contributed by atoms with Crippen molar-refractivity contribution in [3.05, 3.63) is 48.0 Å². The molecule has 0 heterocycles. The highest BCUT2D eigenvalue weighted by Gasteiger charge is 2.43. The van der Waals surface area contributed by atoms with Crippen LogP contribution in [-0.4, -0.2) is 17.0 Å². The number of aliphatic hydroxyl groups excluding tert-OH is 1. The van der Waals surface area contributed by atoms with Crippen LogP contribution in [0.15, 0.2) is 42.5 Å². The minimum absolute atomic E-state index is 0.345. The molecule has 0 saturated heterocycles. The summed E-state index contributed by atoms with van der Waals surface area (Å²) in [6.45, 7) is 0.345. The number of fused-ring (bicyclic) bond motifs is 2. The van der Waals surface area contributed by atoms with Gasteiger partial charge in [-0.15, -0.1) is 0 Å². The van der Waals surface area contributed by atoms with Crippen LogP contribution >= 0.6 is 11.8 Å². The number of hydrogen-bond acceptors (Lipinski definition) is 2. The molecule has 0 radical (unpaired) electrons. The monoisotopic (exact) mass is 246 g/mol. The zero-order valence-electron chi connectivity index (χ0n) is 9.83. The van der Waals surface area contributed by atoms with Gasteiger partial charge in [-0.25, -0.2) is 0 Å².